The number of primary sulfonamides is 1. The van der Waals surface area contributed by atoms with Gasteiger partial charge in [-0.3, -0.25) is 0 Å². The van der Waals surface area contributed by atoms with E-state index in [0.717, 1.165) is 0 Å². The summed E-state index contributed by atoms with van der Waals surface area (Å²) in [6.45, 7) is 1.60. The van der Waals surface area contributed by atoms with Crippen molar-refractivity contribution in [2.75, 3.05) is 19.8 Å². The van der Waals surface area contributed by atoms with Crippen LogP contribution in [0.5, 0.6) is 5.75 Å². The summed E-state index contributed by atoms with van der Waals surface area (Å²) in [4.78, 5) is -0.0434. The molecular formula is C12H16F3NO4S. The van der Waals surface area contributed by atoms with Gasteiger partial charge in [-0.1, -0.05) is 0 Å². The SMILES string of the molecule is Cc1cc(S(N)(=O)=O)cc(C)c1OCCOCC(F)(F)F. The van der Waals surface area contributed by atoms with Crippen LogP contribution in [0.2, 0.25) is 0 Å². The monoisotopic (exact) mass is 327 g/mol. The summed E-state index contributed by atoms with van der Waals surface area (Å²) in [7, 11) is -3.82. The number of benzene rings is 1. The summed E-state index contributed by atoms with van der Waals surface area (Å²) >= 11 is 0. The van der Waals surface area contributed by atoms with E-state index in [1.807, 2.05) is 0 Å². The summed E-state index contributed by atoms with van der Waals surface area (Å²) < 4.78 is 67.8. The fraction of sp³-hybridized carbons (Fsp3) is 0.500. The van der Waals surface area contributed by atoms with Crippen LogP contribution in [0, 0.1) is 13.8 Å². The lowest BCUT2D eigenvalue weighted by Gasteiger charge is -2.14. The lowest BCUT2D eigenvalue weighted by molar-refractivity contribution is -0.175. The Morgan fingerprint density at radius 2 is 1.67 bits per heavy atom. The summed E-state index contributed by atoms with van der Waals surface area (Å²) in [5.41, 5.74) is 1.05. The minimum absolute atomic E-state index is 0.0434. The van der Waals surface area contributed by atoms with Crippen LogP contribution >= 0.6 is 0 Å². The van der Waals surface area contributed by atoms with Gasteiger partial charge in [0.1, 0.15) is 19.0 Å². The van der Waals surface area contributed by atoms with Crippen molar-refractivity contribution < 1.29 is 31.1 Å². The van der Waals surface area contributed by atoms with Crippen molar-refractivity contribution >= 4 is 10.0 Å². The Labute approximate surface area is 120 Å². The molecule has 0 amide bonds. The molecular weight excluding hydrogens is 311 g/mol. The Kier molecular flexibility index (Phi) is 5.60. The normalized spacial score (nSPS) is 12.5. The minimum atomic E-state index is -4.37. The average molecular weight is 327 g/mol. The molecule has 0 saturated carbocycles. The molecule has 0 aliphatic heterocycles. The summed E-state index contributed by atoms with van der Waals surface area (Å²) in [6, 6.07) is 2.68. The van der Waals surface area contributed by atoms with Crippen molar-refractivity contribution in [2.45, 2.75) is 24.9 Å². The highest BCUT2D eigenvalue weighted by molar-refractivity contribution is 7.89. The molecule has 0 unspecified atom stereocenters. The molecule has 0 aliphatic rings. The van der Waals surface area contributed by atoms with Gasteiger partial charge in [0.15, 0.2) is 0 Å². The third-order valence-corrected chi connectivity index (χ3v) is 3.39. The van der Waals surface area contributed by atoms with Crippen LogP contribution in [0.4, 0.5) is 13.2 Å². The van der Waals surface area contributed by atoms with Crippen molar-refractivity contribution in [3.05, 3.63) is 23.3 Å². The maximum atomic E-state index is 11.9. The Balaban J connectivity index is 2.65. The fourth-order valence-electron chi connectivity index (χ4n) is 1.69. The van der Waals surface area contributed by atoms with Crippen molar-refractivity contribution in [2.24, 2.45) is 5.14 Å². The van der Waals surface area contributed by atoms with E-state index >= 15 is 0 Å². The van der Waals surface area contributed by atoms with E-state index in [2.05, 4.69) is 4.74 Å². The molecule has 0 aliphatic carbocycles. The standard InChI is InChI=1S/C12H16F3NO4S/c1-8-5-10(21(16,17)18)6-9(2)11(8)20-4-3-19-7-12(13,14)15/h5-6H,3-4,7H2,1-2H3,(H2,16,17,18). The number of sulfonamides is 1. The van der Waals surface area contributed by atoms with Gasteiger partial charge in [0.05, 0.1) is 11.5 Å². The zero-order chi connectivity index (χ0) is 16.3. The van der Waals surface area contributed by atoms with Crippen LogP contribution in [0.25, 0.3) is 0 Å². The van der Waals surface area contributed by atoms with E-state index in [4.69, 9.17) is 9.88 Å². The number of aryl methyl sites for hydroxylation is 2. The third kappa shape index (κ3) is 5.90. The van der Waals surface area contributed by atoms with Crippen LogP contribution in [-0.4, -0.2) is 34.4 Å². The molecule has 1 aromatic carbocycles. The number of nitrogens with two attached hydrogens (primary N) is 1. The summed E-state index contributed by atoms with van der Waals surface area (Å²) in [5.74, 6) is 0.401. The molecule has 0 heterocycles. The van der Waals surface area contributed by atoms with Gasteiger partial charge in [-0.2, -0.15) is 13.2 Å². The molecule has 9 heteroatoms. The van der Waals surface area contributed by atoms with Crippen molar-refractivity contribution in [3.63, 3.8) is 0 Å². The number of alkyl halides is 3. The second-order valence-electron chi connectivity index (χ2n) is 4.45. The summed E-state index contributed by atoms with van der Waals surface area (Å²) in [5, 5.41) is 5.03. The van der Waals surface area contributed by atoms with E-state index < -0.39 is 22.8 Å². The number of rotatable bonds is 6. The highest BCUT2D eigenvalue weighted by Crippen LogP contribution is 2.26. The molecule has 5 nitrogen and oxygen atoms in total. The Morgan fingerprint density at radius 3 is 2.10 bits per heavy atom. The molecule has 1 rings (SSSR count). The molecule has 1 aromatic rings. The number of hydrogen-bond donors (Lipinski definition) is 1. The van der Waals surface area contributed by atoms with E-state index in [9.17, 15) is 21.6 Å². The molecule has 0 atom stereocenters. The lowest BCUT2D eigenvalue weighted by atomic mass is 10.1. The summed E-state index contributed by atoms with van der Waals surface area (Å²) in [6.07, 6.45) is -4.37. The molecule has 21 heavy (non-hydrogen) atoms. The molecule has 0 aromatic heterocycles. The first-order valence-electron chi connectivity index (χ1n) is 5.92. The van der Waals surface area contributed by atoms with Crippen LogP contribution in [0.3, 0.4) is 0 Å². The van der Waals surface area contributed by atoms with Gasteiger partial charge in [-0.15, -0.1) is 0 Å². The predicted octanol–water partition coefficient (Wildman–Crippen LogP) is 1.91. The molecule has 0 saturated heterocycles. The second-order valence-corrected chi connectivity index (χ2v) is 6.01. The molecule has 0 spiro atoms. The van der Waals surface area contributed by atoms with Crippen LogP contribution in [0.15, 0.2) is 17.0 Å². The van der Waals surface area contributed by atoms with Gasteiger partial charge in [-0.05, 0) is 37.1 Å². The van der Waals surface area contributed by atoms with Crippen LogP contribution < -0.4 is 9.88 Å². The molecule has 0 radical (unpaired) electrons. The fourth-order valence-corrected chi connectivity index (χ4v) is 2.38. The zero-order valence-corrected chi connectivity index (χ0v) is 12.3. The predicted molar refractivity (Wildman–Crippen MR) is 69.7 cm³/mol. The second kappa shape index (κ2) is 6.63. The van der Waals surface area contributed by atoms with E-state index in [1.54, 1.807) is 13.8 Å². The Morgan fingerprint density at radius 1 is 1.14 bits per heavy atom. The smallest absolute Gasteiger partial charge is 0.411 e. The number of ether oxygens (including phenoxy) is 2. The first-order chi connectivity index (χ1) is 9.50. The Bertz CT molecular complexity index is 576. The Hall–Kier alpha value is -1.32. The molecule has 0 bridgehead atoms. The number of halogens is 3. The van der Waals surface area contributed by atoms with Gasteiger partial charge in [0, 0.05) is 0 Å². The van der Waals surface area contributed by atoms with E-state index in [1.165, 1.54) is 12.1 Å². The first kappa shape index (κ1) is 17.7. The maximum absolute atomic E-state index is 11.9. The van der Waals surface area contributed by atoms with Gasteiger partial charge < -0.3 is 9.47 Å². The molecule has 0 fully saturated rings. The largest absolute Gasteiger partial charge is 0.491 e. The van der Waals surface area contributed by atoms with E-state index in [0.29, 0.717) is 16.9 Å². The highest BCUT2D eigenvalue weighted by atomic mass is 32.2. The van der Waals surface area contributed by atoms with Crippen molar-refractivity contribution in [1.29, 1.82) is 0 Å². The zero-order valence-electron chi connectivity index (χ0n) is 11.5. The molecule has 2 N–H and O–H groups in total. The van der Waals surface area contributed by atoms with Crippen LogP contribution in [-0.2, 0) is 14.8 Å². The van der Waals surface area contributed by atoms with E-state index in [-0.39, 0.29) is 18.1 Å². The number of hydrogen-bond acceptors (Lipinski definition) is 4. The molecule has 120 valence electrons. The van der Waals surface area contributed by atoms with Gasteiger partial charge in [0.2, 0.25) is 10.0 Å². The minimum Gasteiger partial charge on any atom is -0.491 e. The van der Waals surface area contributed by atoms with Crippen LogP contribution in [0.1, 0.15) is 11.1 Å². The topological polar surface area (TPSA) is 78.6 Å². The van der Waals surface area contributed by atoms with Crippen molar-refractivity contribution in [1.82, 2.24) is 0 Å². The quantitative estimate of drug-likeness (QED) is 0.810. The van der Waals surface area contributed by atoms with Gasteiger partial charge in [-0.25, -0.2) is 13.6 Å². The van der Waals surface area contributed by atoms with Gasteiger partial charge >= 0.3 is 6.18 Å². The maximum Gasteiger partial charge on any atom is 0.411 e. The van der Waals surface area contributed by atoms with Crippen molar-refractivity contribution in [3.8, 4) is 5.75 Å². The lowest BCUT2D eigenvalue weighted by Crippen LogP contribution is -2.19. The third-order valence-electron chi connectivity index (χ3n) is 2.50. The van der Waals surface area contributed by atoms with Gasteiger partial charge in [0.25, 0.3) is 0 Å². The highest BCUT2D eigenvalue weighted by Gasteiger charge is 2.27. The average Bonchev–Trinajstić information content (AvgIpc) is 2.28. The first-order valence-corrected chi connectivity index (χ1v) is 7.46.